The molecule has 1 aromatic carbocycles. The highest BCUT2D eigenvalue weighted by atomic mass is 35.5. The standard InChI is InChI=1S/C19H21ClN4O/c1-12(2)15(13-4-6-14(20)7-5-13)10-21-19(25)17-9-8-16-18(23-17)24(3)11-22-16/h4-9,11-12,15H,10H2,1-3H3,(H,21,25). The lowest BCUT2D eigenvalue weighted by molar-refractivity contribution is 0.0944. The number of nitrogens with one attached hydrogen (secondary N) is 1. The molecule has 0 aliphatic carbocycles. The zero-order chi connectivity index (χ0) is 18.0. The molecule has 3 rings (SSSR count). The minimum atomic E-state index is -0.178. The largest absolute Gasteiger partial charge is 0.350 e. The average Bonchev–Trinajstić information content (AvgIpc) is 2.97. The van der Waals surface area contributed by atoms with Crippen LogP contribution >= 0.6 is 11.6 Å². The number of aryl methyl sites for hydroxylation is 1. The molecule has 2 aromatic heterocycles. The summed E-state index contributed by atoms with van der Waals surface area (Å²) in [5.74, 6) is 0.415. The van der Waals surface area contributed by atoms with Crippen molar-refractivity contribution in [1.82, 2.24) is 19.9 Å². The number of hydrogen-bond acceptors (Lipinski definition) is 3. The molecule has 5 nitrogen and oxygen atoms in total. The molecular weight excluding hydrogens is 336 g/mol. The van der Waals surface area contributed by atoms with Gasteiger partial charge in [-0.05, 0) is 35.7 Å². The number of rotatable bonds is 5. The minimum Gasteiger partial charge on any atom is -0.350 e. The number of amides is 1. The number of hydrogen-bond donors (Lipinski definition) is 1. The number of carbonyl (C=O) groups excluding carboxylic acids is 1. The second-order valence-electron chi connectivity index (χ2n) is 6.51. The Morgan fingerprint density at radius 3 is 2.60 bits per heavy atom. The normalized spacial score (nSPS) is 12.5. The molecule has 6 heteroatoms. The number of nitrogens with zero attached hydrogens (tertiary/aromatic N) is 3. The van der Waals surface area contributed by atoms with Crippen molar-refractivity contribution in [2.24, 2.45) is 13.0 Å². The van der Waals surface area contributed by atoms with Crippen molar-refractivity contribution < 1.29 is 4.79 Å². The Morgan fingerprint density at radius 1 is 1.20 bits per heavy atom. The number of benzene rings is 1. The highest BCUT2D eigenvalue weighted by Gasteiger charge is 2.18. The van der Waals surface area contributed by atoms with Gasteiger partial charge in [0.1, 0.15) is 11.2 Å². The smallest absolute Gasteiger partial charge is 0.269 e. The van der Waals surface area contributed by atoms with Crippen LogP contribution in [0.2, 0.25) is 5.02 Å². The monoisotopic (exact) mass is 356 g/mol. The Kier molecular flexibility index (Phi) is 5.04. The van der Waals surface area contributed by atoms with Crippen molar-refractivity contribution in [3.8, 4) is 0 Å². The van der Waals surface area contributed by atoms with E-state index in [2.05, 4.69) is 29.1 Å². The van der Waals surface area contributed by atoms with E-state index in [1.807, 2.05) is 37.4 Å². The Bertz CT molecular complexity index is 886. The first-order chi connectivity index (χ1) is 12.0. The van der Waals surface area contributed by atoms with Crippen LogP contribution in [0.5, 0.6) is 0 Å². The van der Waals surface area contributed by atoms with Gasteiger partial charge in [-0.15, -0.1) is 0 Å². The Balaban J connectivity index is 1.74. The maximum absolute atomic E-state index is 12.5. The third-order valence-electron chi connectivity index (χ3n) is 4.38. The van der Waals surface area contributed by atoms with Gasteiger partial charge in [0.25, 0.3) is 5.91 Å². The van der Waals surface area contributed by atoms with Crippen LogP contribution < -0.4 is 5.32 Å². The summed E-state index contributed by atoms with van der Waals surface area (Å²) in [5, 5.41) is 3.72. The number of imidazole rings is 1. The predicted octanol–water partition coefficient (Wildman–Crippen LogP) is 3.79. The molecule has 1 amide bonds. The summed E-state index contributed by atoms with van der Waals surface area (Å²) in [6, 6.07) is 11.3. The summed E-state index contributed by atoms with van der Waals surface area (Å²) in [7, 11) is 1.86. The Labute approximate surface area is 152 Å². The van der Waals surface area contributed by atoms with E-state index in [0.717, 1.165) is 11.1 Å². The van der Waals surface area contributed by atoms with E-state index in [1.165, 1.54) is 0 Å². The first kappa shape index (κ1) is 17.4. The van der Waals surface area contributed by atoms with Crippen LogP contribution in [0.4, 0.5) is 0 Å². The van der Waals surface area contributed by atoms with Crippen molar-refractivity contribution in [3.63, 3.8) is 0 Å². The topological polar surface area (TPSA) is 59.8 Å². The highest BCUT2D eigenvalue weighted by Crippen LogP contribution is 2.25. The van der Waals surface area contributed by atoms with Gasteiger partial charge in [-0.3, -0.25) is 4.79 Å². The average molecular weight is 357 g/mol. The van der Waals surface area contributed by atoms with Gasteiger partial charge >= 0.3 is 0 Å². The third-order valence-corrected chi connectivity index (χ3v) is 4.63. The fraction of sp³-hybridized carbons (Fsp3) is 0.316. The molecule has 130 valence electrons. The lowest BCUT2D eigenvalue weighted by Gasteiger charge is -2.22. The molecule has 0 aliphatic heterocycles. The van der Waals surface area contributed by atoms with E-state index in [-0.39, 0.29) is 11.8 Å². The number of aromatic nitrogens is 3. The van der Waals surface area contributed by atoms with Crippen LogP contribution in [-0.4, -0.2) is 27.0 Å². The Morgan fingerprint density at radius 2 is 1.92 bits per heavy atom. The number of pyridine rings is 1. The van der Waals surface area contributed by atoms with Crippen LogP contribution in [0, 0.1) is 5.92 Å². The van der Waals surface area contributed by atoms with E-state index in [9.17, 15) is 4.79 Å². The lowest BCUT2D eigenvalue weighted by atomic mass is 9.88. The maximum atomic E-state index is 12.5. The lowest BCUT2D eigenvalue weighted by Crippen LogP contribution is -2.31. The summed E-state index contributed by atoms with van der Waals surface area (Å²) in [5.41, 5.74) is 3.04. The van der Waals surface area contributed by atoms with Crippen molar-refractivity contribution in [2.75, 3.05) is 6.54 Å². The summed E-state index contributed by atoms with van der Waals surface area (Å²) in [6.07, 6.45) is 1.69. The van der Waals surface area contributed by atoms with Crippen LogP contribution in [0.15, 0.2) is 42.7 Å². The van der Waals surface area contributed by atoms with Crippen molar-refractivity contribution in [2.45, 2.75) is 19.8 Å². The van der Waals surface area contributed by atoms with Crippen molar-refractivity contribution >= 4 is 28.7 Å². The van der Waals surface area contributed by atoms with Crippen LogP contribution in [0.3, 0.4) is 0 Å². The van der Waals surface area contributed by atoms with E-state index < -0.39 is 0 Å². The summed E-state index contributed by atoms with van der Waals surface area (Å²) >= 11 is 5.97. The van der Waals surface area contributed by atoms with E-state index in [0.29, 0.717) is 28.8 Å². The minimum absolute atomic E-state index is 0.178. The molecule has 25 heavy (non-hydrogen) atoms. The van der Waals surface area contributed by atoms with E-state index in [1.54, 1.807) is 17.0 Å². The molecule has 0 fully saturated rings. The molecular formula is C19H21ClN4O. The van der Waals surface area contributed by atoms with Gasteiger partial charge in [-0.2, -0.15) is 0 Å². The summed E-state index contributed by atoms with van der Waals surface area (Å²) in [6.45, 7) is 4.83. The summed E-state index contributed by atoms with van der Waals surface area (Å²) < 4.78 is 1.80. The third kappa shape index (κ3) is 3.82. The molecule has 2 heterocycles. The molecule has 0 spiro atoms. The molecule has 0 saturated carbocycles. The predicted molar refractivity (Wildman–Crippen MR) is 99.9 cm³/mol. The molecule has 1 unspecified atom stereocenters. The second kappa shape index (κ2) is 7.23. The van der Waals surface area contributed by atoms with E-state index >= 15 is 0 Å². The van der Waals surface area contributed by atoms with Gasteiger partial charge in [0.2, 0.25) is 0 Å². The quantitative estimate of drug-likeness (QED) is 0.756. The van der Waals surface area contributed by atoms with Crippen molar-refractivity contribution in [3.05, 3.63) is 59.0 Å². The first-order valence-corrected chi connectivity index (χ1v) is 8.65. The first-order valence-electron chi connectivity index (χ1n) is 8.27. The highest BCUT2D eigenvalue weighted by molar-refractivity contribution is 6.30. The maximum Gasteiger partial charge on any atom is 0.269 e. The second-order valence-corrected chi connectivity index (χ2v) is 6.94. The zero-order valence-electron chi connectivity index (χ0n) is 14.5. The number of carbonyl (C=O) groups is 1. The molecule has 1 N–H and O–H groups in total. The molecule has 3 aromatic rings. The molecule has 0 radical (unpaired) electrons. The van der Waals surface area contributed by atoms with Gasteiger partial charge < -0.3 is 9.88 Å². The van der Waals surface area contributed by atoms with Gasteiger partial charge in [-0.1, -0.05) is 37.6 Å². The fourth-order valence-electron chi connectivity index (χ4n) is 2.87. The van der Waals surface area contributed by atoms with Gasteiger partial charge in [-0.25, -0.2) is 9.97 Å². The van der Waals surface area contributed by atoms with Gasteiger partial charge in [0, 0.05) is 24.5 Å². The van der Waals surface area contributed by atoms with Gasteiger partial charge in [0.15, 0.2) is 5.65 Å². The fourth-order valence-corrected chi connectivity index (χ4v) is 3.00. The molecule has 0 saturated heterocycles. The van der Waals surface area contributed by atoms with Crippen LogP contribution in [0.1, 0.15) is 35.8 Å². The number of halogens is 1. The van der Waals surface area contributed by atoms with Crippen LogP contribution in [0.25, 0.3) is 11.2 Å². The van der Waals surface area contributed by atoms with Gasteiger partial charge in [0.05, 0.1) is 6.33 Å². The molecule has 1 atom stereocenters. The number of fused-ring (bicyclic) bond motifs is 1. The zero-order valence-corrected chi connectivity index (χ0v) is 15.3. The van der Waals surface area contributed by atoms with Crippen molar-refractivity contribution in [1.29, 1.82) is 0 Å². The summed E-state index contributed by atoms with van der Waals surface area (Å²) in [4.78, 5) is 21.1. The molecule has 0 aliphatic rings. The van der Waals surface area contributed by atoms with Crippen LogP contribution in [-0.2, 0) is 7.05 Å². The molecule has 0 bridgehead atoms. The van der Waals surface area contributed by atoms with E-state index in [4.69, 9.17) is 11.6 Å². The Hall–Kier alpha value is -2.40. The SMILES string of the molecule is CC(C)C(CNC(=O)c1ccc2ncn(C)c2n1)c1ccc(Cl)cc1.